The minimum absolute atomic E-state index is 0.305. The molecule has 0 saturated carbocycles. The monoisotopic (exact) mass is 409 g/mol. The second kappa shape index (κ2) is 5.53. The van der Waals surface area contributed by atoms with E-state index in [0.29, 0.717) is 36.4 Å². The van der Waals surface area contributed by atoms with E-state index in [1.54, 1.807) is 13.1 Å². The Labute approximate surface area is 164 Å². The number of likely N-dealkylation sites (N-methyl/N-ethyl adjacent to an activating group) is 1. The average molecular weight is 409 g/mol. The molecule has 6 nitrogen and oxygen atoms in total. The number of nitrogens with zero attached hydrogens (tertiary/aromatic N) is 1. The Balaban J connectivity index is 1.81. The number of methoxy groups -OCH3 is 1. The molecule has 1 aromatic rings. The highest BCUT2D eigenvalue weighted by atomic mass is 19.4. The maximum Gasteiger partial charge on any atom is 0.490 e. The molecule has 1 fully saturated rings. The first kappa shape index (κ1) is 18.5. The summed E-state index contributed by atoms with van der Waals surface area (Å²) in [6.07, 6.45) is -3.04. The van der Waals surface area contributed by atoms with Crippen molar-refractivity contribution >= 4 is 11.8 Å². The molecule has 2 aliphatic heterocycles. The Bertz CT molecular complexity index is 974. The summed E-state index contributed by atoms with van der Waals surface area (Å²) >= 11 is 0. The number of piperidine rings is 1. The summed E-state index contributed by atoms with van der Waals surface area (Å²) in [5.74, 6) is -1.89. The number of ketones is 1. The summed E-state index contributed by atoms with van der Waals surface area (Å²) in [5.41, 5.74) is -1.41. The lowest BCUT2D eigenvalue weighted by molar-refractivity contribution is -0.231. The number of esters is 1. The van der Waals surface area contributed by atoms with Crippen LogP contribution in [0.5, 0.6) is 11.5 Å². The summed E-state index contributed by atoms with van der Waals surface area (Å²) in [5, 5.41) is 0. The van der Waals surface area contributed by atoms with Crippen LogP contribution < -0.4 is 9.47 Å². The molecule has 0 aromatic heterocycles. The van der Waals surface area contributed by atoms with Crippen LogP contribution in [0, 0.1) is 0 Å². The van der Waals surface area contributed by atoms with E-state index in [2.05, 4.69) is 0 Å². The van der Waals surface area contributed by atoms with Crippen molar-refractivity contribution in [1.29, 1.82) is 0 Å². The van der Waals surface area contributed by atoms with Crippen LogP contribution in [-0.2, 0) is 26.2 Å². The van der Waals surface area contributed by atoms with Crippen LogP contribution in [0.4, 0.5) is 13.2 Å². The lowest BCUT2D eigenvalue weighted by Gasteiger charge is -2.61. The summed E-state index contributed by atoms with van der Waals surface area (Å²) < 4.78 is 56.3. The van der Waals surface area contributed by atoms with Crippen molar-refractivity contribution in [3.63, 3.8) is 0 Å². The number of benzene rings is 1. The van der Waals surface area contributed by atoms with Crippen molar-refractivity contribution < 1.29 is 37.0 Å². The Morgan fingerprint density at radius 1 is 1.34 bits per heavy atom. The van der Waals surface area contributed by atoms with Crippen molar-refractivity contribution in [2.24, 2.45) is 0 Å². The third-order valence-corrected chi connectivity index (χ3v) is 6.80. The quantitative estimate of drug-likeness (QED) is 0.696. The van der Waals surface area contributed by atoms with Crippen LogP contribution in [0.15, 0.2) is 24.3 Å². The van der Waals surface area contributed by atoms with E-state index in [1.165, 1.54) is 19.3 Å². The van der Waals surface area contributed by atoms with Gasteiger partial charge in [-0.3, -0.25) is 9.69 Å². The highest BCUT2D eigenvalue weighted by molar-refractivity contribution is 5.99. The number of carbonyl (C=O) groups excluding carboxylic acids is 2. The number of rotatable bonds is 2. The van der Waals surface area contributed by atoms with Gasteiger partial charge in [0.2, 0.25) is 0 Å². The van der Waals surface area contributed by atoms with Gasteiger partial charge in [-0.05, 0) is 50.2 Å². The molecule has 1 aromatic carbocycles. The van der Waals surface area contributed by atoms with Gasteiger partial charge in [0.25, 0.3) is 0 Å². The number of hydrogen-bond acceptors (Lipinski definition) is 6. The highest BCUT2D eigenvalue weighted by Crippen LogP contribution is 2.64. The number of alkyl halides is 3. The van der Waals surface area contributed by atoms with Gasteiger partial charge in [-0.15, -0.1) is 0 Å². The zero-order valence-corrected chi connectivity index (χ0v) is 15.7. The van der Waals surface area contributed by atoms with Gasteiger partial charge in [-0.25, -0.2) is 4.79 Å². The standard InChI is InChI=1S/C20H18F3NO5/c1-24-8-7-18-14-10-3-4-12(27-2)15(14)28-16(18)11(25)5-6-19(18,13(24)9-10)29-17(26)20(21,22)23/h3-6,13,16H,7-9H2,1-2H3/t13-,16+,18+,19-/m1/s1. The molecule has 0 amide bonds. The van der Waals surface area contributed by atoms with Crippen molar-refractivity contribution in [1.82, 2.24) is 4.90 Å². The molecule has 2 bridgehead atoms. The molecule has 154 valence electrons. The lowest BCUT2D eigenvalue weighted by Crippen LogP contribution is -2.76. The van der Waals surface area contributed by atoms with E-state index in [-0.39, 0.29) is 5.78 Å². The second-order valence-electron chi connectivity index (χ2n) is 7.97. The molecule has 0 N–H and O–H groups in total. The van der Waals surface area contributed by atoms with Crippen LogP contribution >= 0.6 is 0 Å². The van der Waals surface area contributed by atoms with Crippen molar-refractivity contribution in [3.05, 3.63) is 35.4 Å². The first-order chi connectivity index (χ1) is 13.7. The van der Waals surface area contributed by atoms with Gasteiger partial charge in [0.15, 0.2) is 29.0 Å². The zero-order valence-electron chi connectivity index (χ0n) is 15.7. The fraction of sp³-hybridized carbons (Fsp3) is 0.500. The fourth-order valence-electron chi connectivity index (χ4n) is 5.65. The number of ether oxygens (including phenoxy) is 3. The van der Waals surface area contributed by atoms with E-state index in [1.807, 2.05) is 11.0 Å². The molecule has 1 saturated heterocycles. The molecular weight excluding hydrogens is 391 g/mol. The maximum absolute atomic E-state index is 13.2. The smallest absolute Gasteiger partial charge is 0.490 e. The molecule has 4 atom stereocenters. The predicted octanol–water partition coefficient (Wildman–Crippen LogP) is 1.94. The van der Waals surface area contributed by atoms with Crippen molar-refractivity contribution in [2.45, 2.75) is 42.2 Å². The summed E-state index contributed by atoms with van der Waals surface area (Å²) in [6.45, 7) is 0.521. The van der Waals surface area contributed by atoms with Crippen LogP contribution in [0.2, 0.25) is 0 Å². The van der Waals surface area contributed by atoms with Gasteiger partial charge >= 0.3 is 12.1 Å². The van der Waals surface area contributed by atoms with Gasteiger partial charge < -0.3 is 14.2 Å². The van der Waals surface area contributed by atoms with Crippen LogP contribution in [0.3, 0.4) is 0 Å². The molecule has 0 unspecified atom stereocenters. The van der Waals surface area contributed by atoms with Gasteiger partial charge in [0, 0.05) is 5.56 Å². The summed E-state index contributed by atoms with van der Waals surface area (Å²) in [7, 11) is 3.24. The third kappa shape index (κ3) is 2.06. The topological polar surface area (TPSA) is 65.1 Å². The zero-order chi connectivity index (χ0) is 20.8. The molecule has 9 heteroatoms. The van der Waals surface area contributed by atoms with E-state index >= 15 is 0 Å². The predicted molar refractivity (Wildman–Crippen MR) is 92.9 cm³/mol. The first-order valence-electron chi connectivity index (χ1n) is 9.26. The Kier molecular flexibility index (Phi) is 3.52. The fourth-order valence-corrected chi connectivity index (χ4v) is 5.65. The molecule has 0 radical (unpaired) electrons. The van der Waals surface area contributed by atoms with E-state index in [9.17, 15) is 22.8 Å². The van der Waals surface area contributed by atoms with E-state index in [4.69, 9.17) is 14.2 Å². The molecule has 2 aliphatic carbocycles. The first-order valence-corrected chi connectivity index (χ1v) is 9.26. The van der Waals surface area contributed by atoms with Crippen LogP contribution in [-0.4, -0.2) is 61.3 Å². The molecule has 2 heterocycles. The molecule has 29 heavy (non-hydrogen) atoms. The minimum atomic E-state index is -5.15. The lowest BCUT2D eigenvalue weighted by atomic mass is 9.50. The van der Waals surface area contributed by atoms with E-state index in [0.717, 1.165) is 5.56 Å². The van der Waals surface area contributed by atoms with Crippen molar-refractivity contribution in [2.75, 3.05) is 20.7 Å². The second-order valence-corrected chi connectivity index (χ2v) is 7.97. The van der Waals surface area contributed by atoms with Gasteiger partial charge in [0.1, 0.15) is 0 Å². The molecule has 5 rings (SSSR count). The summed E-state index contributed by atoms with van der Waals surface area (Å²) in [4.78, 5) is 26.7. The third-order valence-electron chi connectivity index (χ3n) is 6.80. The van der Waals surface area contributed by atoms with Crippen molar-refractivity contribution in [3.8, 4) is 11.5 Å². The average Bonchev–Trinajstić information content (AvgIpc) is 3.02. The summed E-state index contributed by atoms with van der Waals surface area (Å²) in [6, 6.07) is 3.00. The Morgan fingerprint density at radius 2 is 2.10 bits per heavy atom. The SMILES string of the molecule is COc1ccc2c3c1O[C@H]1C(=O)C=C[C@@]4(OC(=O)C(F)(F)F)[C@@H](C2)N(C)CC[C@]314. The number of carbonyl (C=O) groups is 2. The van der Waals surface area contributed by atoms with Gasteiger partial charge in [-0.2, -0.15) is 13.2 Å². The number of halogens is 3. The minimum Gasteiger partial charge on any atom is -0.493 e. The highest BCUT2D eigenvalue weighted by Gasteiger charge is 2.74. The van der Waals surface area contributed by atoms with Gasteiger partial charge in [-0.1, -0.05) is 6.07 Å². The van der Waals surface area contributed by atoms with Gasteiger partial charge in [0.05, 0.1) is 18.6 Å². The normalized spacial score (nSPS) is 34.4. The number of hydrogen-bond donors (Lipinski definition) is 0. The molecular formula is C20H18F3NO5. The maximum atomic E-state index is 13.2. The Hall–Kier alpha value is -2.55. The largest absolute Gasteiger partial charge is 0.493 e. The van der Waals surface area contributed by atoms with Crippen LogP contribution in [0.25, 0.3) is 0 Å². The number of likely N-dealkylation sites (tertiary alicyclic amines) is 1. The van der Waals surface area contributed by atoms with Crippen LogP contribution in [0.1, 0.15) is 17.5 Å². The molecule has 4 aliphatic rings. The molecule has 1 spiro atoms. The Morgan fingerprint density at radius 3 is 2.79 bits per heavy atom. The van der Waals surface area contributed by atoms with E-state index < -0.39 is 35.3 Å².